The van der Waals surface area contributed by atoms with E-state index in [1.807, 2.05) is 0 Å². The van der Waals surface area contributed by atoms with E-state index in [4.69, 9.17) is 20.0 Å². The van der Waals surface area contributed by atoms with Crippen molar-refractivity contribution in [2.45, 2.75) is 12.1 Å². The first-order valence-electron chi connectivity index (χ1n) is 6.95. The maximum absolute atomic E-state index is 13.7. The van der Waals surface area contributed by atoms with E-state index < -0.39 is 53.0 Å². The van der Waals surface area contributed by atoms with Gasteiger partial charge in [0.05, 0.1) is 0 Å². The average Bonchev–Trinajstić information content (AvgIpc) is 2.97. The van der Waals surface area contributed by atoms with Crippen LogP contribution < -0.4 is 5.73 Å². The van der Waals surface area contributed by atoms with Crippen LogP contribution in [-0.4, -0.2) is 39.8 Å². The third kappa shape index (κ3) is 3.80. The van der Waals surface area contributed by atoms with Crippen LogP contribution in [0.1, 0.15) is 12.0 Å². The van der Waals surface area contributed by atoms with Crippen LogP contribution in [-0.2, 0) is 14.3 Å². The number of carbonyl (C=O) groups excluding carboxylic acids is 1. The number of carbonyl (C=O) groups is 2. The molecule has 0 radical (unpaired) electrons. The number of nitrogens with two attached hydrogens (primary N) is 1. The first kappa shape index (κ1) is 18.5. The summed E-state index contributed by atoms with van der Waals surface area (Å²) < 4.78 is 36.6. The second kappa shape index (κ2) is 7.36. The van der Waals surface area contributed by atoms with Crippen molar-refractivity contribution in [3.8, 4) is 0 Å². The highest BCUT2D eigenvalue weighted by Crippen LogP contribution is 2.29. The molecule has 3 atom stereocenters. The summed E-state index contributed by atoms with van der Waals surface area (Å²) in [6, 6.07) is -0.479. The zero-order chi connectivity index (χ0) is 18.7. The van der Waals surface area contributed by atoms with E-state index >= 15 is 0 Å². The number of hydrogen-bond donors (Lipinski definition) is 3. The average molecular weight is 356 g/mol. The molecule has 10 heteroatoms. The lowest BCUT2D eigenvalue weighted by Crippen LogP contribution is -2.45. The Morgan fingerprint density at radius 1 is 1.44 bits per heavy atom. The normalized spacial score (nSPS) is 14.7. The molecule has 1 aromatic carbocycles. The predicted octanol–water partition coefficient (Wildman–Crippen LogP) is 0.897. The molecule has 1 aromatic heterocycles. The Morgan fingerprint density at radius 2 is 2.12 bits per heavy atom. The number of nitrogens with zero attached hydrogens (tertiary/aromatic N) is 1. The molecule has 4 N–H and O–H groups in total. The zero-order valence-electron chi connectivity index (χ0n) is 12.7. The number of oxazole rings is 1. The van der Waals surface area contributed by atoms with Gasteiger partial charge in [-0.2, -0.15) is 0 Å². The largest absolute Gasteiger partial charge is 0.480 e. The van der Waals surface area contributed by atoms with Gasteiger partial charge in [-0.1, -0.05) is 12.7 Å². The molecule has 2 unspecified atom stereocenters. The second-order valence-electron chi connectivity index (χ2n) is 5.04. The molecule has 25 heavy (non-hydrogen) atoms. The van der Waals surface area contributed by atoms with Crippen LogP contribution in [0.3, 0.4) is 0 Å². The number of hydrogen-bond acceptors (Lipinski definition) is 7. The van der Waals surface area contributed by atoms with E-state index in [0.717, 1.165) is 6.07 Å². The van der Waals surface area contributed by atoms with E-state index in [1.165, 1.54) is 6.08 Å². The number of carboxylic acids is 1. The van der Waals surface area contributed by atoms with Gasteiger partial charge in [0.2, 0.25) is 5.89 Å². The Bertz CT molecular complexity index is 822. The van der Waals surface area contributed by atoms with Crippen molar-refractivity contribution in [2.24, 2.45) is 11.7 Å². The summed E-state index contributed by atoms with van der Waals surface area (Å²) in [6.07, 6.45) is -0.733. The monoisotopic (exact) mass is 356 g/mol. The van der Waals surface area contributed by atoms with Crippen LogP contribution in [0.4, 0.5) is 8.78 Å². The lowest BCUT2D eigenvalue weighted by molar-refractivity contribution is -0.159. The molecule has 2 aromatic rings. The van der Waals surface area contributed by atoms with Gasteiger partial charge in [-0.25, -0.2) is 13.8 Å². The van der Waals surface area contributed by atoms with Gasteiger partial charge < -0.3 is 25.1 Å². The molecular formula is C15H14F2N2O6. The molecule has 0 aliphatic heterocycles. The number of aliphatic hydroxyl groups excluding tert-OH is 1. The number of benzene rings is 1. The van der Waals surface area contributed by atoms with Crippen LogP contribution in [0.5, 0.6) is 0 Å². The Labute approximate surface area is 139 Å². The molecule has 0 spiro atoms. The second-order valence-corrected chi connectivity index (χ2v) is 5.04. The summed E-state index contributed by atoms with van der Waals surface area (Å²) in [5.41, 5.74) is 4.71. The van der Waals surface area contributed by atoms with Crippen molar-refractivity contribution in [1.29, 1.82) is 0 Å². The Kier molecular flexibility index (Phi) is 5.45. The molecule has 2 rings (SSSR count). The maximum Gasteiger partial charge on any atom is 0.321 e. The third-order valence-electron chi connectivity index (χ3n) is 3.31. The molecule has 0 aliphatic carbocycles. The molecule has 0 saturated heterocycles. The van der Waals surface area contributed by atoms with Gasteiger partial charge in [-0.3, -0.25) is 9.59 Å². The zero-order valence-corrected chi connectivity index (χ0v) is 12.7. The minimum Gasteiger partial charge on any atom is -0.480 e. The highest BCUT2D eigenvalue weighted by molar-refractivity contribution is 5.84. The molecule has 0 fully saturated rings. The van der Waals surface area contributed by atoms with E-state index in [1.54, 1.807) is 0 Å². The Hall–Kier alpha value is -2.85. The fraction of sp³-hybridized carbons (Fsp3) is 0.267. The lowest BCUT2D eigenvalue weighted by Gasteiger charge is -2.22. The highest BCUT2D eigenvalue weighted by atomic mass is 19.1. The minimum atomic E-state index is -1.96. The van der Waals surface area contributed by atoms with Crippen LogP contribution in [0, 0.1) is 17.6 Å². The van der Waals surface area contributed by atoms with Gasteiger partial charge in [-0.05, 0) is 0 Å². The first-order chi connectivity index (χ1) is 11.8. The lowest BCUT2D eigenvalue weighted by atomic mass is 9.94. The van der Waals surface area contributed by atoms with E-state index in [2.05, 4.69) is 11.6 Å². The number of carboxylic acid groups (broad SMARTS) is 1. The maximum atomic E-state index is 13.7. The summed E-state index contributed by atoms with van der Waals surface area (Å²) in [6.45, 7) is 3.08. The number of halogens is 2. The van der Waals surface area contributed by atoms with Crippen molar-refractivity contribution in [2.75, 3.05) is 6.61 Å². The number of esters is 1. The number of aromatic nitrogens is 1. The molecule has 134 valence electrons. The highest BCUT2D eigenvalue weighted by Gasteiger charge is 2.41. The quantitative estimate of drug-likeness (QED) is 0.492. The van der Waals surface area contributed by atoms with Crippen molar-refractivity contribution in [1.82, 2.24) is 4.98 Å². The number of rotatable bonds is 7. The molecular weight excluding hydrogens is 342 g/mol. The topological polar surface area (TPSA) is 136 Å². The van der Waals surface area contributed by atoms with Gasteiger partial charge in [-0.15, -0.1) is 0 Å². The third-order valence-corrected chi connectivity index (χ3v) is 3.31. The van der Waals surface area contributed by atoms with Crippen molar-refractivity contribution < 1.29 is 37.7 Å². The number of aliphatic carboxylic acids is 1. The molecule has 0 saturated carbocycles. The SMILES string of the molecule is C=CCOC(=O)[C@@H](C(N)C(=O)O)C(O)c1nc2c(F)cc(F)cc2o1. The van der Waals surface area contributed by atoms with Gasteiger partial charge in [0.15, 0.2) is 11.4 Å². The van der Waals surface area contributed by atoms with E-state index in [-0.39, 0.29) is 12.2 Å². The first-order valence-corrected chi connectivity index (χ1v) is 6.95. The van der Waals surface area contributed by atoms with E-state index in [0.29, 0.717) is 6.07 Å². The van der Waals surface area contributed by atoms with Crippen molar-refractivity contribution in [3.05, 3.63) is 42.3 Å². The number of fused-ring (bicyclic) bond motifs is 1. The van der Waals surface area contributed by atoms with Gasteiger partial charge in [0, 0.05) is 12.1 Å². The van der Waals surface area contributed by atoms with Crippen molar-refractivity contribution in [3.63, 3.8) is 0 Å². The fourth-order valence-corrected chi connectivity index (χ4v) is 2.12. The van der Waals surface area contributed by atoms with Gasteiger partial charge >= 0.3 is 11.9 Å². The Morgan fingerprint density at radius 3 is 2.72 bits per heavy atom. The molecule has 0 bridgehead atoms. The van der Waals surface area contributed by atoms with Crippen LogP contribution in [0.2, 0.25) is 0 Å². The number of ether oxygens (including phenoxy) is 1. The summed E-state index contributed by atoms with van der Waals surface area (Å²) in [7, 11) is 0. The predicted molar refractivity (Wildman–Crippen MR) is 79.1 cm³/mol. The summed E-state index contributed by atoms with van der Waals surface area (Å²) >= 11 is 0. The van der Waals surface area contributed by atoms with Crippen LogP contribution in [0.25, 0.3) is 11.1 Å². The van der Waals surface area contributed by atoms with E-state index in [9.17, 15) is 23.5 Å². The molecule has 8 nitrogen and oxygen atoms in total. The number of aliphatic hydroxyl groups is 1. The Balaban J connectivity index is 2.42. The smallest absolute Gasteiger partial charge is 0.321 e. The molecule has 0 aliphatic rings. The summed E-state index contributed by atoms with van der Waals surface area (Å²) in [5, 5.41) is 19.3. The minimum absolute atomic E-state index is 0.248. The van der Waals surface area contributed by atoms with Gasteiger partial charge in [0.1, 0.15) is 36.0 Å². The van der Waals surface area contributed by atoms with Crippen LogP contribution >= 0.6 is 0 Å². The van der Waals surface area contributed by atoms with Crippen LogP contribution in [0.15, 0.2) is 29.2 Å². The fourth-order valence-electron chi connectivity index (χ4n) is 2.12. The summed E-state index contributed by atoms with van der Waals surface area (Å²) in [4.78, 5) is 26.8. The summed E-state index contributed by atoms with van der Waals surface area (Å²) in [5.74, 6) is -7.11. The molecule has 0 amide bonds. The van der Waals surface area contributed by atoms with Crippen molar-refractivity contribution >= 4 is 23.0 Å². The molecule has 1 heterocycles. The van der Waals surface area contributed by atoms with Gasteiger partial charge in [0.25, 0.3) is 0 Å². The standard InChI is InChI=1S/C15H14F2N2O6/c1-2-3-24-15(23)9(10(18)14(21)22)12(20)13-19-11-7(17)4-6(16)5-8(11)25-13/h2,4-5,9-10,12,20H,1,3,18H2,(H,21,22)/t9-,10?,12?/m0/s1.